The van der Waals surface area contributed by atoms with E-state index < -0.39 is 37.3 Å². The summed E-state index contributed by atoms with van der Waals surface area (Å²) in [7, 11) is 0. The van der Waals surface area contributed by atoms with Gasteiger partial charge in [0.15, 0.2) is 11.9 Å². The number of aliphatic hydroxyl groups is 2. The van der Waals surface area contributed by atoms with Crippen molar-refractivity contribution < 1.29 is 27.9 Å². The van der Waals surface area contributed by atoms with Gasteiger partial charge in [0.2, 0.25) is 0 Å². The fraction of sp³-hybridized carbons (Fsp3) is 0.833. The van der Waals surface area contributed by atoms with Crippen LogP contribution in [0, 0.1) is 0 Å². The first-order chi connectivity index (χ1) is 7.12. The van der Waals surface area contributed by atoms with E-state index in [0.29, 0.717) is 0 Å². The molecule has 0 saturated carbocycles. The molecule has 0 aliphatic rings. The van der Waals surface area contributed by atoms with Gasteiger partial charge < -0.3 is 10.2 Å². The number of carbonyl (C=O) groups is 1. The Bertz CT molecular complexity index is 192. The molecule has 15 heavy (non-hydrogen) atoms. The van der Waals surface area contributed by atoms with Gasteiger partial charge >= 0.3 is 0 Å². The molecule has 0 aliphatic carbocycles. The van der Waals surface area contributed by atoms with Crippen LogP contribution in [0.2, 0.25) is 0 Å². The molecule has 0 aliphatic heterocycles. The topological polar surface area (TPSA) is 85.2 Å². The van der Waals surface area contributed by atoms with E-state index in [-0.39, 0.29) is 0 Å². The van der Waals surface area contributed by atoms with Gasteiger partial charge in [-0.2, -0.15) is 0 Å². The van der Waals surface area contributed by atoms with Crippen molar-refractivity contribution in [2.75, 3.05) is 13.2 Å². The minimum absolute atomic E-state index is 0.506. The van der Waals surface area contributed by atoms with Crippen LogP contribution in [0.1, 0.15) is 0 Å². The van der Waals surface area contributed by atoms with Crippen LogP contribution >= 0.6 is 35.6 Å². The summed E-state index contributed by atoms with van der Waals surface area (Å²) >= 11 is 14.9. The maximum Gasteiger partial charge on any atom is 0.193 e. The average molecular weight is 283 g/mol. The highest BCUT2D eigenvalue weighted by atomic mass is 35.5. The van der Waals surface area contributed by atoms with Crippen molar-refractivity contribution in [2.45, 2.75) is 18.3 Å². The van der Waals surface area contributed by atoms with E-state index in [1.54, 1.807) is 0 Å². The highest BCUT2D eigenvalue weighted by molar-refractivity contribution is 6.10. The normalized spacial score (nSPS) is 17.1. The second kappa shape index (κ2) is 8.49. The van der Waals surface area contributed by atoms with Crippen molar-refractivity contribution >= 4 is 41.4 Å². The fourth-order valence-electron chi connectivity index (χ4n) is 0.831. The second-order valence-corrected chi connectivity index (χ2v) is 3.11. The molecule has 2 N–H and O–H groups in total. The SMILES string of the molecule is O=C(COCl)[C@@H](OCl)[C@H](OCl)[C@H](O)CO. The summed E-state index contributed by atoms with van der Waals surface area (Å²) < 4.78 is 12.5. The minimum Gasteiger partial charge on any atom is -0.394 e. The van der Waals surface area contributed by atoms with Crippen LogP contribution in [0.25, 0.3) is 0 Å². The summed E-state index contributed by atoms with van der Waals surface area (Å²) in [4.78, 5) is 11.2. The molecular weight excluding hydrogens is 274 g/mol. The zero-order valence-electron chi connectivity index (χ0n) is 7.31. The molecule has 0 rings (SSSR count). The van der Waals surface area contributed by atoms with Crippen LogP contribution in [0.3, 0.4) is 0 Å². The largest absolute Gasteiger partial charge is 0.394 e. The van der Waals surface area contributed by atoms with Gasteiger partial charge in [0.25, 0.3) is 0 Å². The van der Waals surface area contributed by atoms with Gasteiger partial charge in [0, 0.05) is 0 Å². The number of Topliss-reactive ketones (excluding diaryl/α,β-unsaturated/α-hetero) is 1. The standard InChI is InChI=1S/C6H9Cl3O6/c7-13-2-4(12)6(15-9)5(14-8)3(11)1-10/h3,5-6,10-11H,1-2H2/t3-,5-,6-/m1/s1. The lowest BCUT2D eigenvalue weighted by atomic mass is 10.1. The third-order valence-electron chi connectivity index (χ3n) is 1.58. The van der Waals surface area contributed by atoms with Crippen molar-refractivity contribution in [3.63, 3.8) is 0 Å². The molecule has 90 valence electrons. The Kier molecular flexibility index (Phi) is 8.68. The molecular formula is C6H9Cl3O6. The predicted octanol–water partition coefficient (Wildman–Crippen LogP) is 0.157. The number of carbonyl (C=O) groups excluding carboxylic acids is 1. The van der Waals surface area contributed by atoms with E-state index in [0.717, 1.165) is 0 Å². The Balaban J connectivity index is 4.52. The Morgan fingerprint density at radius 2 is 1.87 bits per heavy atom. The van der Waals surface area contributed by atoms with Gasteiger partial charge in [-0.3, -0.25) is 17.7 Å². The second-order valence-electron chi connectivity index (χ2n) is 2.53. The lowest BCUT2D eigenvalue weighted by molar-refractivity contribution is -0.136. The highest BCUT2D eigenvalue weighted by Gasteiger charge is 2.35. The molecule has 9 heteroatoms. The van der Waals surface area contributed by atoms with E-state index in [9.17, 15) is 9.90 Å². The molecule has 0 aromatic carbocycles. The first-order valence-corrected chi connectivity index (χ1v) is 4.64. The minimum atomic E-state index is -1.43. The highest BCUT2D eigenvalue weighted by Crippen LogP contribution is 2.14. The Labute approximate surface area is 101 Å². The number of aliphatic hydroxyl groups excluding tert-OH is 2. The molecule has 0 spiro atoms. The molecule has 0 amide bonds. The molecule has 6 nitrogen and oxygen atoms in total. The fourth-order valence-corrected chi connectivity index (χ4v) is 1.35. The Hall–Kier alpha value is 0.340. The molecule has 0 heterocycles. The van der Waals surface area contributed by atoms with Crippen LogP contribution in [0.4, 0.5) is 0 Å². The third kappa shape index (κ3) is 4.80. The first kappa shape index (κ1) is 15.3. The molecule has 3 atom stereocenters. The summed E-state index contributed by atoms with van der Waals surface area (Å²) in [6.45, 7) is -1.18. The summed E-state index contributed by atoms with van der Waals surface area (Å²) in [6, 6.07) is 0. The molecule has 0 fully saturated rings. The zero-order valence-corrected chi connectivity index (χ0v) is 9.58. The molecule has 0 bridgehead atoms. The number of ketones is 1. The molecule has 0 radical (unpaired) electrons. The number of rotatable bonds is 8. The molecule has 0 aromatic heterocycles. The Morgan fingerprint density at radius 1 is 1.27 bits per heavy atom. The van der Waals surface area contributed by atoms with E-state index in [2.05, 4.69) is 12.9 Å². The van der Waals surface area contributed by atoms with Crippen LogP contribution in [-0.4, -0.2) is 47.5 Å². The smallest absolute Gasteiger partial charge is 0.193 e. The number of halogens is 3. The lowest BCUT2D eigenvalue weighted by Crippen LogP contribution is -2.45. The van der Waals surface area contributed by atoms with Crippen LogP contribution < -0.4 is 0 Å². The first-order valence-electron chi connectivity index (χ1n) is 3.72. The average Bonchev–Trinajstić information content (AvgIpc) is 2.24. The van der Waals surface area contributed by atoms with Crippen LogP contribution in [0.5, 0.6) is 0 Å². The van der Waals surface area contributed by atoms with Gasteiger partial charge in [-0.25, -0.2) is 0 Å². The van der Waals surface area contributed by atoms with Gasteiger partial charge in [0.1, 0.15) is 18.8 Å². The van der Waals surface area contributed by atoms with Gasteiger partial charge in [-0.15, -0.1) is 0 Å². The van der Waals surface area contributed by atoms with Crippen molar-refractivity contribution in [3.8, 4) is 0 Å². The van der Waals surface area contributed by atoms with Crippen molar-refractivity contribution in [3.05, 3.63) is 0 Å². The molecule has 0 aromatic rings. The maximum atomic E-state index is 11.2. The summed E-state index contributed by atoms with van der Waals surface area (Å²) in [5, 5.41) is 17.8. The maximum absolute atomic E-state index is 11.2. The molecule has 0 unspecified atom stereocenters. The van der Waals surface area contributed by atoms with E-state index in [1.807, 2.05) is 0 Å². The van der Waals surface area contributed by atoms with Crippen LogP contribution in [0.15, 0.2) is 0 Å². The van der Waals surface area contributed by atoms with Gasteiger partial charge in [-0.05, 0) is 0 Å². The lowest BCUT2D eigenvalue weighted by Gasteiger charge is -2.23. The molecule has 0 saturated heterocycles. The summed E-state index contributed by atoms with van der Waals surface area (Å²) in [5.41, 5.74) is 0. The van der Waals surface area contributed by atoms with E-state index in [4.69, 9.17) is 40.7 Å². The number of hydrogen-bond acceptors (Lipinski definition) is 6. The van der Waals surface area contributed by atoms with Gasteiger partial charge in [0.05, 0.1) is 42.2 Å². The van der Waals surface area contributed by atoms with Crippen molar-refractivity contribution in [1.82, 2.24) is 0 Å². The summed E-state index contributed by atoms with van der Waals surface area (Å²) in [5.74, 6) is -0.696. The Morgan fingerprint density at radius 3 is 2.20 bits per heavy atom. The quantitative estimate of drug-likeness (QED) is 0.660. The van der Waals surface area contributed by atoms with Crippen molar-refractivity contribution in [2.24, 2.45) is 0 Å². The monoisotopic (exact) mass is 282 g/mol. The number of hydrogen-bond donors (Lipinski definition) is 2. The van der Waals surface area contributed by atoms with Crippen molar-refractivity contribution in [1.29, 1.82) is 0 Å². The third-order valence-corrected chi connectivity index (χ3v) is 2.08. The van der Waals surface area contributed by atoms with E-state index in [1.165, 1.54) is 0 Å². The predicted molar refractivity (Wildman–Crippen MR) is 51.4 cm³/mol. The van der Waals surface area contributed by atoms with Gasteiger partial charge in [-0.1, -0.05) is 0 Å². The zero-order chi connectivity index (χ0) is 11.8. The summed E-state index contributed by atoms with van der Waals surface area (Å²) in [6.07, 6.45) is -4.15. The van der Waals surface area contributed by atoms with Crippen LogP contribution in [-0.2, 0) is 17.7 Å². The van der Waals surface area contributed by atoms with E-state index >= 15 is 0 Å².